The molecule has 3 N–H and O–H groups in total. The number of aryl methyl sites for hydroxylation is 1. The first-order valence-corrected chi connectivity index (χ1v) is 17.6. The molecule has 6 aromatic rings. The van der Waals surface area contributed by atoms with Gasteiger partial charge in [-0.3, -0.25) is 9.11 Å². The van der Waals surface area contributed by atoms with E-state index in [0.717, 1.165) is 11.1 Å². The van der Waals surface area contributed by atoms with Crippen LogP contribution in [0.1, 0.15) is 16.7 Å². The van der Waals surface area contributed by atoms with E-state index in [1.165, 1.54) is 58.3 Å². The van der Waals surface area contributed by atoms with Crippen molar-refractivity contribution in [1.29, 1.82) is 0 Å². The summed E-state index contributed by atoms with van der Waals surface area (Å²) in [6.45, 7) is 1.97. The van der Waals surface area contributed by atoms with Crippen LogP contribution in [0.3, 0.4) is 0 Å². The second-order valence-corrected chi connectivity index (χ2v) is 13.9. The van der Waals surface area contributed by atoms with Gasteiger partial charge in [0.05, 0.1) is 40.7 Å². The smallest absolute Gasteiger partial charge is 0.282 e. The van der Waals surface area contributed by atoms with Crippen molar-refractivity contribution in [2.75, 3.05) is 0 Å². The Morgan fingerprint density at radius 1 is 0.694 bits per heavy atom. The molecule has 0 unspecified atom stereocenters. The summed E-state index contributed by atoms with van der Waals surface area (Å²) in [4.78, 5) is 2.32. The van der Waals surface area contributed by atoms with E-state index in [1.807, 2.05) is 31.2 Å². The molecule has 0 atom stereocenters. The molecule has 0 saturated heterocycles. The third kappa shape index (κ3) is 7.82. The first-order chi connectivity index (χ1) is 23.4. The van der Waals surface area contributed by atoms with Crippen LogP contribution in [0, 0.1) is 6.92 Å². The Morgan fingerprint density at radius 3 is 1.78 bits per heavy atom. The van der Waals surface area contributed by atoms with E-state index >= 15 is 0 Å². The number of nitrogens with zero attached hydrogens (tertiary/aromatic N) is 6. The second-order valence-electron chi connectivity index (χ2n) is 10.4. The van der Waals surface area contributed by atoms with Crippen LogP contribution in [0.2, 0.25) is 0 Å². The highest BCUT2D eigenvalue weighted by Gasteiger charge is 2.18. The Kier molecular flexibility index (Phi) is 9.54. The summed E-state index contributed by atoms with van der Waals surface area (Å²) in [5.41, 5.74) is 4.88. The third-order valence-corrected chi connectivity index (χ3v) is 9.55. The Balaban J connectivity index is 1.28. The Bertz CT molecular complexity index is 2390. The first kappa shape index (κ1) is 33.8. The molecule has 0 aliphatic rings. The van der Waals surface area contributed by atoms with Crippen molar-refractivity contribution in [2.45, 2.75) is 21.6 Å². The number of hydrogen-bond donors (Lipinski definition) is 3. The molecular formula is C31H24N6O9S3. The van der Waals surface area contributed by atoms with Gasteiger partial charge in [0.25, 0.3) is 20.2 Å². The minimum Gasteiger partial charge on any atom is -0.282 e. The summed E-state index contributed by atoms with van der Waals surface area (Å²) in [6.07, 6.45) is 6.05. The van der Waals surface area contributed by atoms with Gasteiger partial charge in [0.1, 0.15) is 16.3 Å². The molecule has 0 spiro atoms. The monoisotopic (exact) mass is 720 g/mol. The molecule has 49 heavy (non-hydrogen) atoms. The standard InChI is InChI=1S/C31H24N6O9S3/c1-20-2-4-21(5-3-20)28-18-33-37(35-28)26-13-9-24(31(17-26)49(42,43)44)7-6-23-8-12-25(16-30(23)47-46-45-38)36-32-19-29(34-36)22-10-14-27(15-11-22)48(39,40)41/h2-19,38H,1H3,(H,39,40,41)(H,42,43,44)/b7-6+. The summed E-state index contributed by atoms with van der Waals surface area (Å²) in [5.74, 6) is 0. The number of benzene rings is 4. The largest absolute Gasteiger partial charge is 0.295 e. The molecule has 4 aromatic carbocycles. The molecule has 0 bridgehead atoms. The normalized spacial score (nSPS) is 12.2. The predicted octanol–water partition coefficient (Wildman–Crippen LogP) is 5.58. The van der Waals surface area contributed by atoms with Crippen LogP contribution in [0.25, 0.3) is 46.0 Å². The summed E-state index contributed by atoms with van der Waals surface area (Å²) in [5, 5.41) is 29.9. The van der Waals surface area contributed by atoms with Gasteiger partial charge in [-0.2, -0.15) is 36.6 Å². The van der Waals surface area contributed by atoms with Crippen molar-refractivity contribution in [3.05, 3.63) is 114 Å². The highest BCUT2D eigenvalue weighted by atomic mass is 32.2. The molecule has 0 fully saturated rings. The maximum Gasteiger partial charge on any atom is 0.295 e. The Labute approximate surface area is 283 Å². The van der Waals surface area contributed by atoms with Crippen molar-refractivity contribution in [2.24, 2.45) is 0 Å². The van der Waals surface area contributed by atoms with Crippen LogP contribution >= 0.6 is 12.0 Å². The summed E-state index contributed by atoms with van der Waals surface area (Å²) in [6, 6.07) is 22.4. The van der Waals surface area contributed by atoms with E-state index in [-0.39, 0.29) is 15.4 Å². The molecule has 0 radical (unpaired) electrons. The zero-order valence-electron chi connectivity index (χ0n) is 25.1. The van der Waals surface area contributed by atoms with Crippen LogP contribution in [0.5, 0.6) is 0 Å². The lowest BCUT2D eigenvalue weighted by molar-refractivity contribution is -0.432. The van der Waals surface area contributed by atoms with Gasteiger partial charge in [-0.1, -0.05) is 71.3 Å². The molecule has 18 heteroatoms. The van der Waals surface area contributed by atoms with E-state index in [9.17, 15) is 25.9 Å². The Morgan fingerprint density at radius 2 is 1.22 bits per heavy atom. The SMILES string of the molecule is Cc1ccc(-c2cnn(-c3ccc(/C=C/c4ccc(-n5ncc(-c6ccc(S(=O)(=O)O)cc6)n5)cc4SOOO)c(S(=O)(=O)O)c3)n2)cc1. The van der Waals surface area contributed by atoms with Gasteiger partial charge in [0, 0.05) is 16.0 Å². The van der Waals surface area contributed by atoms with Crippen molar-refractivity contribution in [3.8, 4) is 33.9 Å². The van der Waals surface area contributed by atoms with Crippen LogP contribution in [-0.4, -0.2) is 61.2 Å². The van der Waals surface area contributed by atoms with E-state index in [1.54, 1.807) is 36.5 Å². The zero-order valence-corrected chi connectivity index (χ0v) is 27.5. The van der Waals surface area contributed by atoms with Crippen LogP contribution in [-0.2, 0) is 29.6 Å². The highest BCUT2D eigenvalue weighted by molar-refractivity contribution is 7.94. The molecule has 2 aromatic heterocycles. The number of aromatic nitrogens is 6. The topological polar surface area (TPSA) is 209 Å². The molecule has 0 aliphatic carbocycles. The highest BCUT2D eigenvalue weighted by Crippen LogP contribution is 2.30. The van der Waals surface area contributed by atoms with Gasteiger partial charge in [-0.15, -0.1) is 14.5 Å². The average Bonchev–Trinajstić information content (AvgIpc) is 3.78. The molecule has 250 valence electrons. The first-order valence-electron chi connectivity index (χ1n) is 14.0. The third-order valence-electron chi connectivity index (χ3n) is 7.11. The molecule has 15 nitrogen and oxygen atoms in total. The number of rotatable bonds is 11. The quantitative estimate of drug-likeness (QED) is 0.0491. The maximum absolute atomic E-state index is 12.4. The minimum atomic E-state index is -4.68. The summed E-state index contributed by atoms with van der Waals surface area (Å²) < 4.78 is 71.5. The molecule has 2 heterocycles. The van der Waals surface area contributed by atoms with Gasteiger partial charge in [-0.05, 0) is 54.4 Å². The van der Waals surface area contributed by atoms with Crippen molar-refractivity contribution in [1.82, 2.24) is 30.0 Å². The van der Waals surface area contributed by atoms with E-state index < -0.39 is 20.2 Å². The van der Waals surface area contributed by atoms with E-state index in [0.29, 0.717) is 50.8 Å². The van der Waals surface area contributed by atoms with Gasteiger partial charge in [-0.25, -0.2) is 5.26 Å². The van der Waals surface area contributed by atoms with Crippen molar-refractivity contribution < 1.29 is 40.6 Å². The lowest BCUT2D eigenvalue weighted by atomic mass is 10.1. The fourth-order valence-electron chi connectivity index (χ4n) is 4.66. The van der Waals surface area contributed by atoms with Gasteiger partial charge >= 0.3 is 0 Å². The number of hydrogen-bond acceptors (Lipinski definition) is 12. The lowest BCUT2D eigenvalue weighted by Crippen LogP contribution is -2.05. The predicted molar refractivity (Wildman–Crippen MR) is 178 cm³/mol. The molecular weight excluding hydrogens is 697 g/mol. The van der Waals surface area contributed by atoms with E-state index in [2.05, 4.69) is 29.8 Å². The molecule has 6 rings (SSSR count). The summed E-state index contributed by atoms with van der Waals surface area (Å²) >= 11 is 0.648. The fourth-order valence-corrected chi connectivity index (χ4v) is 6.35. The molecule has 0 aliphatic heterocycles. The van der Waals surface area contributed by atoms with Gasteiger partial charge in [0.15, 0.2) is 0 Å². The van der Waals surface area contributed by atoms with Crippen molar-refractivity contribution in [3.63, 3.8) is 0 Å². The van der Waals surface area contributed by atoms with Gasteiger partial charge < -0.3 is 0 Å². The van der Waals surface area contributed by atoms with Crippen LogP contribution in [0.15, 0.2) is 112 Å². The van der Waals surface area contributed by atoms with Crippen LogP contribution < -0.4 is 0 Å². The minimum absolute atomic E-state index is 0.162. The average molecular weight is 721 g/mol. The van der Waals surface area contributed by atoms with Gasteiger partial charge in [0.2, 0.25) is 0 Å². The van der Waals surface area contributed by atoms with Crippen molar-refractivity contribution >= 4 is 44.4 Å². The fraction of sp³-hybridized carbons (Fsp3) is 0.0323. The molecule has 0 saturated carbocycles. The van der Waals surface area contributed by atoms with E-state index in [4.69, 9.17) is 5.26 Å². The second kappa shape index (κ2) is 13.8. The zero-order chi connectivity index (χ0) is 34.8. The van der Waals surface area contributed by atoms with Crippen LogP contribution in [0.4, 0.5) is 0 Å². The molecule has 0 amide bonds. The maximum atomic E-state index is 12.4. The summed E-state index contributed by atoms with van der Waals surface area (Å²) in [7, 11) is -9.03. The Hall–Kier alpha value is -5.05. The lowest BCUT2D eigenvalue weighted by Gasteiger charge is -2.08.